The summed E-state index contributed by atoms with van der Waals surface area (Å²) in [6.07, 6.45) is 5.01. The smallest absolute Gasteiger partial charge is 0.125 e. The van der Waals surface area contributed by atoms with Crippen molar-refractivity contribution in [1.82, 2.24) is 9.78 Å². The summed E-state index contributed by atoms with van der Waals surface area (Å²) in [5.41, 5.74) is -0.306. The highest BCUT2D eigenvalue weighted by Crippen LogP contribution is 2.42. The van der Waals surface area contributed by atoms with E-state index in [0.29, 0.717) is 24.5 Å². The average Bonchev–Trinajstić information content (AvgIpc) is 2.74. The maximum Gasteiger partial charge on any atom is 0.125 e. The molecule has 2 rings (SSSR count). The van der Waals surface area contributed by atoms with Gasteiger partial charge in [-0.1, -0.05) is 13.8 Å². The zero-order valence-corrected chi connectivity index (χ0v) is 13.2. The molecule has 4 nitrogen and oxygen atoms in total. The monoisotopic (exact) mass is 330 g/mol. The van der Waals surface area contributed by atoms with Crippen molar-refractivity contribution in [2.75, 3.05) is 0 Å². The summed E-state index contributed by atoms with van der Waals surface area (Å²) in [6, 6.07) is 0. The van der Waals surface area contributed by atoms with Gasteiger partial charge >= 0.3 is 0 Å². The summed E-state index contributed by atoms with van der Waals surface area (Å²) >= 11 is 3.44. The predicted octanol–water partition coefficient (Wildman–Crippen LogP) is 3.03. The summed E-state index contributed by atoms with van der Waals surface area (Å²) < 4.78 is 2.57. The Morgan fingerprint density at radius 1 is 1.53 bits per heavy atom. The van der Waals surface area contributed by atoms with Gasteiger partial charge in [0.2, 0.25) is 0 Å². The third-order valence-corrected chi connectivity index (χ3v) is 4.79. The van der Waals surface area contributed by atoms with Crippen LogP contribution >= 0.6 is 15.9 Å². The molecule has 0 saturated heterocycles. The van der Waals surface area contributed by atoms with Crippen LogP contribution in [0.15, 0.2) is 10.7 Å². The Kier molecular flexibility index (Phi) is 4.69. The summed E-state index contributed by atoms with van der Waals surface area (Å²) in [7, 11) is 0. The first-order chi connectivity index (χ1) is 8.98. The molecule has 1 saturated carbocycles. The second-order valence-electron chi connectivity index (χ2n) is 5.79. The zero-order valence-electron chi connectivity index (χ0n) is 11.6. The van der Waals surface area contributed by atoms with Gasteiger partial charge in [-0.3, -0.25) is 4.68 Å². The molecule has 0 bridgehead atoms. The second-order valence-corrected chi connectivity index (χ2v) is 6.64. The van der Waals surface area contributed by atoms with Gasteiger partial charge in [-0.15, -0.1) is 0 Å². The largest absolute Gasteiger partial charge is 0.387 e. The van der Waals surface area contributed by atoms with Gasteiger partial charge in [0.25, 0.3) is 0 Å². The zero-order chi connectivity index (χ0) is 14.0. The molecule has 1 fully saturated rings. The van der Waals surface area contributed by atoms with Crippen LogP contribution in [0.4, 0.5) is 0 Å². The van der Waals surface area contributed by atoms with Crippen molar-refractivity contribution in [2.45, 2.75) is 64.2 Å². The summed E-state index contributed by atoms with van der Waals surface area (Å²) in [6.45, 7) is 5.02. The number of aliphatic hydroxyl groups excluding tert-OH is 1. The van der Waals surface area contributed by atoms with Crippen LogP contribution in [0, 0.1) is 5.92 Å². The molecule has 2 N–H and O–H groups in total. The molecular formula is C14H23BrN2O2. The van der Waals surface area contributed by atoms with Crippen molar-refractivity contribution in [3.63, 3.8) is 0 Å². The fourth-order valence-electron chi connectivity index (χ4n) is 2.82. The first kappa shape index (κ1) is 15.0. The lowest BCUT2D eigenvalue weighted by Gasteiger charge is -2.38. The van der Waals surface area contributed by atoms with E-state index < -0.39 is 11.7 Å². The highest BCUT2D eigenvalue weighted by Gasteiger charge is 2.41. The minimum atomic E-state index is -1.01. The van der Waals surface area contributed by atoms with Crippen LogP contribution in [-0.4, -0.2) is 25.6 Å². The molecule has 1 aromatic heterocycles. The molecule has 5 heteroatoms. The number of rotatable bonds is 4. The molecule has 0 spiro atoms. The minimum Gasteiger partial charge on any atom is -0.387 e. The fourth-order valence-corrected chi connectivity index (χ4v) is 3.34. The lowest BCUT2D eigenvalue weighted by Crippen LogP contribution is -2.41. The van der Waals surface area contributed by atoms with Crippen molar-refractivity contribution in [1.29, 1.82) is 0 Å². The highest BCUT2D eigenvalue weighted by molar-refractivity contribution is 9.10. The van der Waals surface area contributed by atoms with E-state index in [9.17, 15) is 10.2 Å². The SMILES string of the molecule is CCCn1ncc(Br)c1C(O)C1(O)CCC(C)CC1. The van der Waals surface area contributed by atoms with Crippen LogP contribution in [0.1, 0.15) is 57.7 Å². The Labute approximate surface area is 123 Å². The number of hydrogen-bond acceptors (Lipinski definition) is 3. The third-order valence-electron chi connectivity index (χ3n) is 4.18. The van der Waals surface area contributed by atoms with Crippen molar-refractivity contribution >= 4 is 15.9 Å². The Morgan fingerprint density at radius 3 is 2.74 bits per heavy atom. The van der Waals surface area contributed by atoms with Gasteiger partial charge in [-0.25, -0.2) is 0 Å². The molecule has 19 heavy (non-hydrogen) atoms. The normalized spacial score (nSPS) is 29.4. The number of hydrogen-bond donors (Lipinski definition) is 2. The van der Waals surface area contributed by atoms with Crippen molar-refractivity contribution in [2.24, 2.45) is 5.92 Å². The molecule has 1 unspecified atom stereocenters. The maximum atomic E-state index is 10.7. The van der Waals surface area contributed by atoms with Gasteiger partial charge in [-0.2, -0.15) is 5.10 Å². The fraction of sp³-hybridized carbons (Fsp3) is 0.786. The van der Waals surface area contributed by atoms with E-state index in [1.807, 2.05) is 0 Å². The van der Waals surface area contributed by atoms with Gasteiger partial charge in [0.15, 0.2) is 0 Å². The molecule has 1 aliphatic rings. The molecule has 108 valence electrons. The minimum absolute atomic E-state index is 0.636. The van der Waals surface area contributed by atoms with Crippen LogP contribution in [0.2, 0.25) is 0 Å². The molecule has 1 aromatic rings. The number of aryl methyl sites for hydroxylation is 1. The van der Waals surface area contributed by atoms with Crippen LogP contribution in [0.25, 0.3) is 0 Å². The standard InChI is InChI=1S/C14H23BrN2O2/c1-3-8-17-12(11(15)9-16-17)13(18)14(19)6-4-10(2)5-7-14/h9-10,13,18-19H,3-8H2,1-2H3. The number of nitrogens with zero attached hydrogens (tertiary/aromatic N) is 2. The number of aliphatic hydroxyl groups is 2. The number of aromatic nitrogens is 2. The Morgan fingerprint density at radius 2 is 2.16 bits per heavy atom. The molecule has 0 aliphatic heterocycles. The van der Waals surface area contributed by atoms with Crippen LogP contribution in [0.5, 0.6) is 0 Å². The van der Waals surface area contributed by atoms with E-state index in [0.717, 1.165) is 30.3 Å². The van der Waals surface area contributed by atoms with Crippen LogP contribution in [-0.2, 0) is 6.54 Å². The molecule has 0 amide bonds. The molecule has 0 aromatic carbocycles. The Hall–Kier alpha value is -0.390. The highest BCUT2D eigenvalue weighted by atomic mass is 79.9. The van der Waals surface area contributed by atoms with Gasteiger partial charge in [0.05, 0.1) is 22.0 Å². The van der Waals surface area contributed by atoms with Crippen molar-refractivity contribution in [3.05, 3.63) is 16.4 Å². The van der Waals surface area contributed by atoms with Gasteiger partial charge in [-0.05, 0) is 54.0 Å². The topological polar surface area (TPSA) is 58.3 Å². The van der Waals surface area contributed by atoms with Crippen LogP contribution < -0.4 is 0 Å². The molecule has 1 aliphatic carbocycles. The summed E-state index contributed by atoms with van der Waals surface area (Å²) in [4.78, 5) is 0. The first-order valence-electron chi connectivity index (χ1n) is 7.09. The Bertz CT molecular complexity index is 425. The van der Waals surface area contributed by atoms with E-state index in [4.69, 9.17) is 0 Å². The first-order valence-corrected chi connectivity index (χ1v) is 7.89. The van der Waals surface area contributed by atoms with E-state index in [1.54, 1.807) is 10.9 Å². The van der Waals surface area contributed by atoms with E-state index in [2.05, 4.69) is 34.9 Å². The van der Waals surface area contributed by atoms with Gasteiger partial charge in [0, 0.05) is 6.54 Å². The van der Waals surface area contributed by atoms with E-state index in [-0.39, 0.29) is 0 Å². The number of halogens is 1. The lowest BCUT2D eigenvalue weighted by molar-refractivity contribution is -0.108. The van der Waals surface area contributed by atoms with Gasteiger partial charge in [0.1, 0.15) is 6.10 Å². The van der Waals surface area contributed by atoms with Crippen LogP contribution in [0.3, 0.4) is 0 Å². The molecular weight excluding hydrogens is 308 g/mol. The predicted molar refractivity (Wildman–Crippen MR) is 77.8 cm³/mol. The average molecular weight is 331 g/mol. The van der Waals surface area contributed by atoms with Gasteiger partial charge < -0.3 is 10.2 Å². The van der Waals surface area contributed by atoms with Crippen molar-refractivity contribution in [3.8, 4) is 0 Å². The summed E-state index contributed by atoms with van der Waals surface area (Å²) in [5, 5.41) is 25.6. The molecule has 1 heterocycles. The second kappa shape index (κ2) is 5.94. The third kappa shape index (κ3) is 3.03. The van der Waals surface area contributed by atoms with Crippen molar-refractivity contribution < 1.29 is 10.2 Å². The van der Waals surface area contributed by atoms with E-state index >= 15 is 0 Å². The maximum absolute atomic E-state index is 10.7. The summed E-state index contributed by atoms with van der Waals surface area (Å²) in [5.74, 6) is 0.636. The quantitative estimate of drug-likeness (QED) is 0.892. The molecule has 1 atom stereocenters. The molecule has 0 radical (unpaired) electrons. The Balaban J connectivity index is 2.23. The van der Waals surface area contributed by atoms with E-state index in [1.165, 1.54) is 0 Å². The lowest BCUT2D eigenvalue weighted by atomic mass is 9.76.